The van der Waals surface area contributed by atoms with Gasteiger partial charge in [-0.15, -0.1) is 10.2 Å². The first-order valence-electron chi connectivity index (χ1n) is 9.39. The zero-order valence-corrected chi connectivity index (χ0v) is 17.9. The largest absolute Gasteiger partial charge is 0.360 e. The second-order valence-corrected chi connectivity index (χ2v) is 9.89. The maximum absolute atomic E-state index is 13.0. The van der Waals surface area contributed by atoms with E-state index in [4.69, 9.17) is 4.52 Å². The first kappa shape index (κ1) is 20.9. The molecule has 1 atom stereocenters. The second-order valence-electron chi connectivity index (χ2n) is 6.95. The van der Waals surface area contributed by atoms with Gasteiger partial charge < -0.3 is 9.84 Å². The molecule has 1 fully saturated rings. The Morgan fingerprint density at radius 1 is 1.36 bits per heavy atom. The number of rotatable bonds is 7. The highest BCUT2D eigenvalue weighted by molar-refractivity contribution is 7.89. The summed E-state index contributed by atoms with van der Waals surface area (Å²) in [5, 5.41) is 16.0. The number of amides is 1. The number of hydrogen-bond acceptors (Lipinski definition) is 8. The molecule has 3 rings (SSSR count). The van der Waals surface area contributed by atoms with Crippen LogP contribution in [-0.4, -0.2) is 47.1 Å². The van der Waals surface area contributed by atoms with Gasteiger partial charge in [0.1, 0.15) is 15.6 Å². The molecule has 154 valence electrons. The van der Waals surface area contributed by atoms with Gasteiger partial charge in [-0.25, -0.2) is 8.42 Å². The molecule has 1 aliphatic heterocycles. The van der Waals surface area contributed by atoms with Crippen LogP contribution < -0.4 is 5.32 Å². The molecule has 0 bridgehead atoms. The molecule has 1 saturated heterocycles. The molecule has 0 aromatic carbocycles. The van der Waals surface area contributed by atoms with E-state index in [9.17, 15) is 13.2 Å². The minimum absolute atomic E-state index is 0.0956. The van der Waals surface area contributed by atoms with Crippen molar-refractivity contribution >= 4 is 32.4 Å². The number of nitrogens with zero attached hydrogens (tertiary/aromatic N) is 4. The van der Waals surface area contributed by atoms with E-state index in [0.717, 1.165) is 24.3 Å². The van der Waals surface area contributed by atoms with Crippen LogP contribution in [0.4, 0.5) is 5.13 Å². The number of sulfonamides is 1. The standard InChI is InChI=1S/C17H25N5O4S2/c1-4-5-8-14-19-20-17(27-14)18-16(23)13-7-6-9-22(10-13)28(24,25)15-11(2)21-26-12(15)3/h13H,4-10H2,1-3H3,(H,18,20,23). The summed E-state index contributed by atoms with van der Waals surface area (Å²) in [7, 11) is -3.75. The van der Waals surface area contributed by atoms with Crippen LogP contribution in [0.5, 0.6) is 0 Å². The van der Waals surface area contributed by atoms with Crippen LogP contribution in [0.15, 0.2) is 9.42 Å². The van der Waals surface area contributed by atoms with Crippen molar-refractivity contribution in [2.24, 2.45) is 5.92 Å². The highest BCUT2D eigenvalue weighted by Gasteiger charge is 2.36. The van der Waals surface area contributed by atoms with Crippen LogP contribution in [0.3, 0.4) is 0 Å². The Hall–Kier alpha value is -1.85. The van der Waals surface area contributed by atoms with Crippen LogP contribution >= 0.6 is 11.3 Å². The molecule has 0 radical (unpaired) electrons. The number of anilines is 1. The maximum Gasteiger partial charge on any atom is 0.248 e. The van der Waals surface area contributed by atoms with E-state index in [-0.39, 0.29) is 23.1 Å². The number of aryl methyl sites for hydroxylation is 3. The van der Waals surface area contributed by atoms with E-state index in [0.29, 0.717) is 30.2 Å². The molecule has 9 nitrogen and oxygen atoms in total. The van der Waals surface area contributed by atoms with Crippen molar-refractivity contribution in [2.75, 3.05) is 18.4 Å². The topological polar surface area (TPSA) is 118 Å². The Bertz CT molecular complexity index is 918. The monoisotopic (exact) mass is 427 g/mol. The molecule has 1 amide bonds. The quantitative estimate of drug-likeness (QED) is 0.721. The van der Waals surface area contributed by atoms with Gasteiger partial charge in [0.25, 0.3) is 0 Å². The number of aromatic nitrogens is 3. The smallest absolute Gasteiger partial charge is 0.248 e. The van der Waals surface area contributed by atoms with Crippen LogP contribution in [0.1, 0.15) is 49.1 Å². The van der Waals surface area contributed by atoms with Gasteiger partial charge in [-0.05, 0) is 33.1 Å². The maximum atomic E-state index is 13.0. The van der Waals surface area contributed by atoms with E-state index in [1.54, 1.807) is 13.8 Å². The number of unbranched alkanes of at least 4 members (excludes halogenated alkanes) is 1. The Morgan fingerprint density at radius 3 is 2.82 bits per heavy atom. The summed E-state index contributed by atoms with van der Waals surface area (Å²) < 4.78 is 32.3. The molecule has 1 aliphatic rings. The lowest BCUT2D eigenvalue weighted by Crippen LogP contribution is -2.43. The zero-order chi connectivity index (χ0) is 20.3. The molecule has 28 heavy (non-hydrogen) atoms. The lowest BCUT2D eigenvalue weighted by molar-refractivity contribution is -0.120. The van der Waals surface area contributed by atoms with E-state index < -0.39 is 15.9 Å². The highest BCUT2D eigenvalue weighted by Crippen LogP contribution is 2.28. The minimum Gasteiger partial charge on any atom is -0.360 e. The van der Waals surface area contributed by atoms with Crippen molar-refractivity contribution in [1.29, 1.82) is 0 Å². The molecule has 11 heteroatoms. The first-order valence-corrected chi connectivity index (χ1v) is 11.6. The molecule has 0 saturated carbocycles. The van der Waals surface area contributed by atoms with Crippen LogP contribution in [0.25, 0.3) is 0 Å². The van der Waals surface area contributed by atoms with Gasteiger partial charge in [0, 0.05) is 19.5 Å². The third-order valence-corrected chi connectivity index (χ3v) is 7.77. The van der Waals surface area contributed by atoms with Gasteiger partial charge in [0.2, 0.25) is 21.1 Å². The molecule has 0 aliphatic carbocycles. The van der Waals surface area contributed by atoms with Crippen molar-refractivity contribution in [3.63, 3.8) is 0 Å². The fourth-order valence-corrected chi connectivity index (χ4v) is 5.89. The number of carbonyl (C=O) groups is 1. The number of piperidine rings is 1. The van der Waals surface area contributed by atoms with Crippen LogP contribution in [0.2, 0.25) is 0 Å². The summed E-state index contributed by atoms with van der Waals surface area (Å²) in [6.07, 6.45) is 4.18. The Labute approximate surface area is 168 Å². The summed E-state index contributed by atoms with van der Waals surface area (Å²) in [5.41, 5.74) is 0.331. The summed E-state index contributed by atoms with van der Waals surface area (Å²) in [6, 6.07) is 0. The first-order chi connectivity index (χ1) is 13.3. The molecule has 0 spiro atoms. The molecule has 1 N–H and O–H groups in total. The zero-order valence-electron chi connectivity index (χ0n) is 16.3. The van der Waals surface area contributed by atoms with Gasteiger partial charge in [0.15, 0.2) is 5.76 Å². The fourth-order valence-electron chi connectivity index (χ4n) is 3.29. The Morgan fingerprint density at radius 2 is 2.14 bits per heavy atom. The van der Waals surface area contributed by atoms with Crippen molar-refractivity contribution in [2.45, 2.75) is 57.8 Å². The number of nitrogens with one attached hydrogen (secondary N) is 1. The van der Waals surface area contributed by atoms with E-state index >= 15 is 0 Å². The second kappa shape index (κ2) is 8.66. The van der Waals surface area contributed by atoms with Crippen LogP contribution in [0, 0.1) is 19.8 Å². The van der Waals surface area contributed by atoms with E-state index in [1.165, 1.54) is 15.6 Å². The summed E-state index contributed by atoms with van der Waals surface area (Å²) in [5.74, 6) is -0.401. The van der Waals surface area contributed by atoms with Crippen molar-refractivity contribution in [1.82, 2.24) is 19.7 Å². The third kappa shape index (κ3) is 4.41. The minimum atomic E-state index is -3.75. The van der Waals surface area contributed by atoms with Gasteiger partial charge in [0.05, 0.1) is 5.92 Å². The van der Waals surface area contributed by atoms with Gasteiger partial charge in [-0.2, -0.15) is 4.31 Å². The summed E-state index contributed by atoms with van der Waals surface area (Å²) in [4.78, 5) is 12.8. The third-order valence-electron chi connectivity index (χ3n) is 4.76. The molecule has 1 unspecified atom stereocenters. The molecule has 2 aromatic heterocycles. The van der Waals surface area contributed by atoms with Crippen LogP contribution in [-0.2, 0) is 21.2 Å². The number of hydrogen-bond donors (Lipinski definition) is 1. The van der Waals surface area contributed by atoms with Gasteiger partial charge >= 0.3 is 0 Å². The Balaban J connectivity index is 1.67. The molecule has 2 aromatic rings. The highest BCUT2D eigenvalue weighted by atomic mass is 32.2. The van der Waals surface area contributed by atoms with Crippen molar-refractivity contribution in [3.8, 4) is 0 Å². The molecular formula is C17H25N5O4S2. The van der Waals surface area contributed by atoms with E-state index in [2.05, 4.69) is 27.6 Å². The SMILES string of the molecule is CCCCc1nnc(NC(=O)C2CCCN(S(=O)(=O)c3c(C)noc3C)C2)s1. The lowest BCUT2D eigenvalue weighted by Gasteiger charge is -2.30. The predicted molar refractivity (Wildman–Crippen MR) is 105 cm³/mol. The lowest BCUT2D eigenvalue weighted by atomic mass is 9.99. The number of carbonyl (C=O) groups excluding carboxylic acids is 1. The predicted octanol–water partition coefficient (Wildman–Crippen LogP) is 2.52. The average Bonchev–Trinajstić information content (AvgIpc) is 3.26. The Kier molecular flexibility index (Phi) is 6.46. The molecular weight excluding hydrogens is 402 g/mol. The van der Waals surface area contributed by atoms with Crippen molar-refractivity contribution < 1.29 is 17.7 Å². The summed E-state index contributed by atoms with van der Waals surface area (Å²) >= 11 is 1.37. The van der Waals surface area contributed by atoms with E-state index in [1.807, 2.05) is 0 Å². The summed E-state index contributed by atoms with van der Waals surface area (Å²) in [6.45, 7) is 5.78. The van der Waals surface area contributed by atoms with Crippen molar-refractivity contribution in [3.05, 3.63) is 16.5 Å². The van der Waals surface area contributed by atoms with Gasteiger partial charge in [-0.3, -0.25) is 4.79 Å². The normalized spacial score (nSPS) is 18.3. The fraction of sp³-hybridized carbons (Fsp3) is 0.647. The van der Waals surface area contributed by atoms with Gasteiger partial charge in [-0.1, -0.05) is 29.8 Å². The molecule has 3 heterocycles. The average molecular weight is 428 g/mol.